The minimum absolute atomic E-state index is 0.154. The van der Waals surface area contributed by atoms with Crippen LogP contribution >= 0.6 is 0 Å². The van der Waals surface area contributed by atoms with Crippen LogP contribution in [0.5, 0.6) is 0 Å². The van der Waals surface area contributed by atoms with E-state index >= 15 is 0 Å². The SMILES string of the molecule is COC(=O)CC1CCCCN1c1cnnc2ccccc12. The van der Waals surface area contributed by atoms with Crippen molar-refractivity contribution in [3.8, 4) is 0 Å². The van der Waals surface area contributed by atoms with Crippen molar-refractivity contribution >= 4 is 22.6 Å². The van der Waals surface area contributed by atoms with Gasteiger partial charge in [-0.05, 0) is 25.3 Å². The van der Waals surface area contributed by atoms with E-state index < -0.39 is 0 Å². The number of hydrogen-bond donors (Lipinski definition) is 0. The van der Waals surface area contributed by atoms with Crippen molar-refractivity contribution in [1.82, 2.24) is 10.2 Å². The molecule has 0 spiro atoms. The van der Waals surface area contributed by atoms with Gasteiger partial charge in [0, 0.05) is 18.0 Å². The summed E-state index contributed by atoms with van der Waals surface area (Å²) in [5.74, 6) is -0.154. The van der Waals surface area contributed by atoms with E-state index in [1.54, 1.807) is 6.20 Å². The highest BCUT2D eigenvalue weighted by Gasteiger charge is 2.26. The first-order valence-electron chi connectivity index (χ1n) is 7.33. The first-order chi connectivity index (χ1) is 10.3. The Balaban J connectivity index is 1.96. The molecule has 5 nitrogen and oxygen atoms in total. The Hall–Kier alpha value is -2.17. The largest absolute Gasteiger partial charge is 0.469 e. The van der Waals surface area contributed by atoms with Crippen LogP contribution in [0.25, 0.3) is 10.9 Å². The lowest BCUT2D eigenvalue weighted by molar-refractivity contribution is -0.141. The Morgan fingerprint density at radius 2 is 2.24 bits per heavy atom. The predicted octanol–water partition coefficient (Wildman–Crippen LogP) is 2.55. The van der Waals surface area contributed by atoms with Crippen molar-refractivity contribution in [3.63, 3.8) is 0 Å². The van der Waals surface area contributed by atoms with Gasteiger partial charge in [0.05, 0.1) is 30.9 Å². The van der Waals surface area contributed by atoms with Crippen LogP contribution in [0.4, 0.5) is 5.69 Å². The van der Waals surface area contributed by atoms with Crippen LogP contribution in [0.15, 0.2) is 30.5 Å². The molecular weight excluding hydrogens is 266 g/mol. The summed E-state index contributed by atoms with van der Waals surface area (Å²) in [5.41, 5.74) is 1.95. The third kappa shape index (κ3) is 2.82. The zero-order valence-electron chi connectivity index (χ0n) is 12.2. The molecule has 1 saturated heterocycles. The summed E-state index contributed by atoms with van der Waals surface area (Å²) in [4.78, 5) is 13.9. The van der Waals surface area contributed by atoms with Crippen molar-refractivity contribution in [2.24, 2.45) is 0 Å². The summed E-state index contributed by atoms with van der Waals surface area (Å²) < 4.78 is 4.83. The standard InChI is InChI=1S/C16H19N3O2/c1-21-16(20)10-12-6-4-5-9-19(12)15-11-17-18-14-8-3-2-7-13(14)15/h2-3,7-8,11-12H,4-6,9-10H2,1H3. The molecule has 1 aromatic carbocycles. The highest BCUT2D eigenvalue weighted by Crippen LogP contribution is 2.31. The van der Waals surface area contributed by atoms with Gasteiger partial charge in [-0.25, -0.2) is 0 Å². The number of carbonyl (C=O) groups excluding carboxylic acids is 1. The Morgan fingerprint density at radius 3 is 3.10 bits per heavy atom. The third-order valence-corrected chi connectivity index (χ3v) is 4.09. The second-order valence-electron chi connectivity index (χ2n) is 5.37. The number of benzene rings is 1. The normalized spacial score (nSPS) is 18.7. The molecule has 0 bridgehead atoms. The van der Waals surface area contributed by atoms with E-state index in [0.29, 0.717) is 6.42 Å². The monoisotopic (exact) mass is 285 g/mol. The molecule has 2 aromatic rings. The van der Waals surface area contributed by atoms with Crippen LogP contribution < -0.4 is 4.90 Å². The number of aromatic nitrogens is 2. The lowest BCUT2D eigenvalue weighted by atomic mass is 9.98. The average molecular weight is 285 g/mol. The van der Waals surface area contributed by atoms with E-state index in [0.717, 1.165) is 42.4 Å². The lowest BCUT2D eigenvalue weighted by Gasteiger charge is -2.37. The van der Waals surface area contributed by atoms with Crippen molar-refractivity contribution < 1.29 is 9.53 Å². The van der Waals surface area contributed by atoms with E-state index in [1.165, 1.54) is 7.11 Å². The number of fused-ring (bicyclic) bond motifs is 1. The average Bonchev–Trinajstić information content (AvgIpc) is 2.55. The summed E-state index contributed by atoms with van der Waals surface area (Å²) in [6.07, 6.45) is 5.51. The molecule has 5 heteroatoms. The van der Waals surface area contributed by atoms with Crippen LogP contribution in [0.2, 0.25) is 0 Å². The van der Waals surface area contributed by atoms with Crippen molar-refractivity contribution in [2.75, 3.05) is 18.6 Å². The molecule has 0 amide bonds. The Kier molecular flexibility index (Phi) is 3.99. The van der Waals surface area contributed by atoms with Crippen LogP contribution in [-0.2, 0) is 9.53 Å². The van der Waals surface area contributed by atoms with Gasteiger partial charge in [0.1, 0.15) is 0 Å². The van der Waals surface area contributed by atoms with Gasteiger partial charge in [0.2, 0.25) is 0 Å². The molecule has 110 valence electrons. The van der Waals surface area contributed by atoms with Crippen LogP contribution in [0, 0.1) is 0 Å². The van der Waals surface area contributed by atoms with Gasteiger partial charge in [-0.15, -0.1) is 0 Å². The van der Waals surface area contributed by atoms with E-state index in [9.17, 15) is 4.79 Å². The number of piperidine rings is 1. The molecular formula is C16H19N3O2. The molecule has 3 rings (SSSR count). The van der Waals surface area contributed by atoms with Crippen molar-refractivity contribution in [2.45, 2.75) is 31.7 Å². The molecule has 0 N–H and O–H groups in total. The van der Waals surface area contributed by atoms with Gasteiger partial charge < -0.3 is 9.64 Å². The van der Waals surface area contributed by atoms with Crippen molar-refractivity contribution in [1.29, 1.82) is 0 Å². The van der Waals surface area contributed by atoms with E-state index in [1.807, 2.05) is 18.2 Å². The van der Waals surface area contributed by atoms with Gasteiger partial charge >= 0.3 is 5.97 Å². The molecule has 1 aliphatic heterocycles. The molecule has 21 heavy (non-hydrogen) atoms. The van der Waals surface area contributed by atoms with Crippen LogP contribution in [-0.4, -0.2) is 35.9 Å². The maximum Gasteiger partial charge on any atom is 0.307 e. The first-order valence-corrected chi connectivity index (χ1v) is 7.33. The molecule has 1 atom stereocenters. The Bertz CT molecular complexity index is 639. The Labute approximate surface area is 123 Å². The molecule has 1 unspecified atom stereocenters. The molecule has 1 aliphatic rings. The fourth-order valence-corrected chi connectivity index (χ4v) is 3.03. The number of carbonyl (C=O) groups is 1. The number of hydrogen-bond acceptors (Lipinski definition) is 5. The summed E-state index contributed by atoms with van der Waals surface area (Å²) >= 11 is 0. The van der Waals surface area contributed by atoms with E-state index in [-0.39, 0.29) is 12.0 Å². The third-order valence-electron chi connectivity index (χ3n) is 4.09. The van der Waals surface area contributed by atoms with Gasteiger partial charge in [-0.2, -0.15) is 10.2 Å². The number of nitrogens with zero attached hydrogens (tertiary/aromatic N) is 3. The number of methoxy groups -OCH3 is 1. The number of ether oxygens (including phenoxy) is 1. The smallest absolute Gasteiger partial charge is 0.307 e. The number of esters is 1. The molecule has 1 fully saturated rings. The Morgan fingerprint density at radius 1 is 1.38 bits per heavy atom. The molecule has 0 saturated carbocycles. The lowest BCUT2D eigenvalue weighted by Crippen LogP contribution is -2.41. The van der Waals surface area contributed by atoms with Crippen LogP contribution in [0.1, 0.15) is 25.7 Å². The van der Waals surface area contributed by atoms with Gasteiger partial charge in [-0.1, -0.05) is 18.2 Å². The zero-order chi connectivity index (χ0) is 14.7. The number of anilines is 1. The minimum Gasteiger partial charge on any atom is -0.469 e. The van der Waals surface area contributed by atoms with Crippen molar-refractivity contribution in [3.05, 3.63) is 30.5 Å². The topological polar surface area (TPSA) is 55.3 Å². The minimum atomic E-state index is -0.154. The second kappa shape index (κ2) is 6.08. The number of rotatable bonds is 3. The molecule has 2 heterocycles. The second-order valence-corrected chi connectivity index (χ2v) is 5.37. The summed E-state index contributed by atoms with van der Waals surface area (Å²) in [7, 11) is 1.44. The van der Waals surface area contributed by atoms with Gasteiger partial charge in [0.25, 0.3) is 0 Å². The fraction of sp³-hybridized carbons (Fsp3) is 0.438. The first kappa shape index (κ1) is 13.8. The zero-order valence-corrected chi connectivity index (χ0v) is 12.2. The maximum atomic E-state index is 11.6. The maximum absolute atomic E-state index is 11.6. The summed E-state index contributed by atoms with van der Waals surface area (Å²) in [5, 5.41) is 9.37. The summed E-state index contributed by atoms with van der Waals surface area (Å²) in [6.45, 7) is 0.942. The highest BCUT2D eigenvalue weighted by molar-refractivity contribution is 5.91. The van der Waals surface area contributed by atoms with Crippen LogP contribution in [0.3, 0.4) is 0 Å². The van der Waals surface area contributed by atoms with Gasteiger partial charge in [0.15, 0.2) is 0 Å². The van der Waals surface area contributed by atoms with Gasteiger partial charge in [-0.3, -0.25) is 4.79 Å². The highest BCUT2D eigenvalue weighted by atomic mass is 16.5. The summed E-state index contributed by atoms with van der Waals surface area (Å²) in [6, 6.07) is 8.17. The fourth-order valence-electron chi connectivity index (χ4n) is 3.03. The molecule has 0 radical (unpaired) electrons. The van der Waals surface area contributed by atoms with E-state index in [2.05, 4.69) is 21.2 Å². The quantitative estimate of drug-likeness (QED) is 0.811. The predicted molar refractivity (Wildman–Crippen MR) is 81.2 cm³/mol. The molecule has 1 aromatic heterocycles. The van der Waals surface area contributed by atoms with E-state index in [4.69, 9.17) is 4.74 Å². The molecule has 0 aliphatic carbocycles.